The Hall–Kier alpha value is -0.363. The Bertz CT molecular complexity index is 1680. The van der Waals surface area contributed by atoms with Crippen molar-refractivity contribution in [1.29, 1.82) is 0 Å². The Morgan fingerprint density at radius 1 is 0.804 bits per heavy atom. The zero-order valence-corrected chi connectivity index (χ0v) is 36.7. The molecule has 51 heavy (non-hydrogen) atoms. The van der Waals surface area contributed by atoms with Gasteiger partial charge >= 0.3 is 23.9 Å². The van der Waals surface area contributed by atoms with Crippen molar-refractivity contribution >= 4 is 95.9 Å². The molecule has 0 heterocycles. The molecular weight excluding hydrogens is 944 g/mol. The zero-order valence-electron chi connectivity index (χ0n) is 48.3. The number of hydrogen-bond donors (Lipinski definition) is 6. The van der Waals surface area contributed by atoms with Crippen LogP contribution < -0.4 is 0 Å². The molecule has 0 aliphatic heterocycles. The first-order valence-electron chi connectivity index (χ1n) is 24.6. The quantitative estimate of drug-likeness (QED) is 0.0364. The predicted octanol–water partition coefficient (Wildman–Crippen LogP) is 9.49. The van der Waals surface area contributed by atoms with E-state index in [9.17, 15) is 29.4 Å². The van der Waals surface area contributed by atoms with Crippen LogP contribution in [-0.4, -0.2) is 103 Å². The molecule has 16 heteroatoms. The monoisotopic (exact) mass is 1030 g/mol. The van der Waals surface area contributed by atoms with Gasteiger partial charge in [0.25, 0.3) is 0 Å². The molecule has 1 fully saturated rings. The molecule has 0 unspecified atom stereocenters. The van der Waals surface area contributed by atoms with Gasteiger partial charge in [-0.3, -0.25) is 19.2 Å². The standard InChI is InChI=1S/C15H30O3Si.4C5H9BrO2/c1-7-8-11-12(10-16)13(17)9-14(11)18-19(5,6)15(2,3)4;4*6-4-2-1-3-5(7)8/h7,11-14,16-17H,1,8-10H2,2-6H3;4*1-4H2,(H,7,8)/t11-,12-,13-,14+;;;;/m1..../s1/i10D2,13D;1D2,2D2,3D2,4D2;1D2,2D2;4D2;3D2. The number of hydrogen-bond acceptors (Lipinski definition) is 7. The molecule has 1 saturated carbocycles. The van der Waals surface area contributed by atoms with Crippen molar-refractivity contribution in [2.45, 2.75) is 141 Å². The van der Waals surface area contributed by atoms with Gasteiger partial charge < -0.3 is 35.1 Å². The maximum atomic E-state index is 10.5. The second-order valence-electron chi connectivity index (χ2n) is 11.4. The summed E-state index contributed by atoms with van der Waals surface area (Å²) in [5.41, 5.74) is 0. The molecule has 304 valence electrons. The summed E-state index contributed by atoms with van der Waals surface area (Å²) >= 11 is 10.9. The summed E-state index contributed by atoms with van der Waals surface area (Å²) in [6.45, 7) is 11.5. The van der Waals surface area contributed by atoms with E-state index < -0.39 is 118 Å². The van der Waals surface area contributed by atoms with Crippen LogP contribution in [0.25, 0.3) is 0 Å². The van der Waals surface area contributed by atoms with Crippen molar-refractivity contribution in [2.75, 3.05) is 27.8 Å². The Balaban J connectivity index is -0.000000405. The first-order valence-corrected chi connectivity index (χ1v) is 21.8. The Labute approximate surface area is 368 Å². The Morgan fingerprint density at radius 2 is 1.37 bits per heavy atom. The molecule has 0 aromatic heterocycles. The molecule has 0 aromatic carbocycles. The van der Waals surface area contributed by atoms with Crippen molar-refractivity contribution < 1.29 is 80.3 Å². The second-order valence-corrected chi connectivity index (χ2v) is 18.5. The van der Waals surface area contributed by atoms with E-state index in [-0.39, 0.29) is 36.1 Å². The lowest BCUT2D eigenvalue weighted by Crippen LogP contribution is -2.45. The summed E-state index contributed by atoms with van der Waals surface area (Å²) in [6, 6.07) is 0. The summed E-state index contributed by atoms with van der Waals surface area (Å²) in [4.78, 5) is 40.8. The molecule has 0 radical (unpaired) electrons. The Morgan fingerprint density at radius 3 is 1.76 bits per heavy atom. The van der Waals surface area contributed by atoms with Gasteiger partial charge in [-0.2, -0.15) is 0 Å². The fourth-order valence-electron chi connectivity index (χ4n) is 3.14. The van der Waals surface area contributed by atoms with Crippen LogP contribution in [0.1, 0.15) is 136 Å². The fraction of sp³-hybridized carbons (Fsp3) is 0.829. The molecule has 0 amide bonds. The highest BCUT2D eigenvalue weighted by Gasteiger charge is 2.47. The van der Waals surface area contributed by atoms with Gasteiger partial charge in [-0.05, 0) is 88.1 Å². The third kappa shape index (κ3) is 37.7. The molecule has 0 spiro atoms. The molecule has 4 atom stereocenters. The second kappa shape index (κ2) is 36.6. The van der Waals surface area contributed by atoms with Crippen LogP contribution in [0.15, 0.2) is 12.7 Å². The van der Waals surface area contributed by atoms with E-state index in [0.29, 0.717) is 24.6 Å². The number of alkyl halides is 4. The fourth-order valence-corrected chi connectivity index (χ4v) is 5.37. The van der Waals surface area contributed by atoms with Crippen LogP contribution in [0, 0.1) is 11.8 Å². The van der Waals surface area contributed by atoms with Crippen LogP contribution in [0.3, 0.4) is 0 Å². The first-order chi connectivity index (χ1) is 30.5. The predicted molar refractivity (Wildman–Crippen MR) is 223 cm³/mol. The van der Waals surface area contributed by atoms with Gasteiger partial charge in [-0.1, -0.05) is 90.6 Å². The van der Waals surface area contributed by atoms with Gasteiger partial charge in [0.1, 0.15) is 0 Å². The molecule has 11 nitrogen and oxygen atoms in total. The van der Waals surface area contributed by atoms with Gasteiger partial charge in [0.05, 0.1) is 16.3 Å². The highest BCUT2D eigenvalue weighted by Crippen LogP contribution is 2.43. The van der Waals surface area contributed by atoms with Crippen molar-refractivity contribution in [3.63, 3.8) is 0 Å². The zero-order chi connectivity index (χ0) is 57.5. The van der Waals surface area contributed by atoms with Crippen LogP contribution >= 0.6 is 63.7 Å². The molecule has 1 rings (SSSR count). The van der Waals surface area contributed by atoms with E-state index in [1.807, 2.05) is 0 Å². The van der Waals surface area contributed by atoms with Crippen LogP contribution in [0.4, 0.5) is 0 Å². The number of allylic oxidation sites excluding steroid dienone is 1. The lowest BCUT2D eigenvalue weighted by molar-refractivity contribution is -0.138. The summed E-state index contributed by atoms with van der Waals surface area (Å²) in [7, 11) is -2.12. The summed E-state index contributed by atoms with van der Waals surface area (Å²) in [6.07, 6.45) is -17.1. The number of aliphatic carboxylic acids is 4. The van der Waals surface area contributed by atoms with E-state index in [4.69, 9.17) is 50.9 Å². The van der Waals surface area contributed by atoms with E-state index in [0.717, 1.165) is 0 Å². The largest absolute Gasteiger partial charge is 0.481 e. The summed E-state index contributed by atoms with van der Waals surface area (Å²) in [5.74, 6) is -7.48. The lowest BCUT2D eigenvalue weighted by atomic mass is 9.91. The number of carboxylic acid groups (broad SMARTS) is 4. The SMILES string of the molecule is [2H]C([2H])(Br)C([2H])([2H])C([2H])([2H])C([2H])([2H])C(=O)O.[2H]C([2H])(Br)CCCC(=O)O.[2H]C([2H])(CBr)C([2H])([2H])CC(=O)O.[2H]C([2H])(CCCBr)C(=O)O.[2H]C([2H])(O)[C@@H]1[C@@H](CC=C)[C@@H](O[Si](C)(C)C(C)(C)C)C[C@@]1([2H])O. The average Bonchev–Trinajstić information content (AvgIpc) is 3.37. The third-order valence-electron chi connectivity index (χ3n) is 6.46. The highest BCUT2D eigenvalue weighted by molar-refractivity contribution is 9.09. The van der Waals surface area contributed by atoms with Crippen molar-refractivity contribution in [3.8, 4) is 0 Å². The minimum absolute atomic E-state index is 0.00273. The number of halogens is 4. The maximum Gasteiger partial charge on any atom is 0.303 e. The molecule has 0 saturated heterocycles. The highest BCUT2D eigenvalue weighted by atomic mass is 79.9. The molecule has 0 bridgehead atoms. The number of aliphatic hydroxyl groups is 2. The van der Waals surface area contributed by atoms with E-state index >= 15 is 0 Å². The van der Waals surface area contributed by atoms with Gasteiger partial charge in [0, 0.05) is 81.2 Å². The van der Waals surface area contributed by atoms with Gasteiger partial charge in [0.15, 0.2) is 8.32 Å². The molecule has 0 aromatic rings. The van der Waals surface area contributed by atoms with Crippen LogP contribution in [0.2, 0.25) is 18.1 Å². The smallest absolute Gasteiger partial charge is 0.303 e. The number of rotatable bonds is 21. The molecular formula is C35H66Br4O11Si. The van der Waals surface area contributed by atoms with Crippen molar-refractivity contribution in [1.82, 2.24) is 0 Å². The van der Waals surface area contributed by atoms with E-state index in [1.165, 1.54) is 0 Å². The van der Waals surface area contributed by atoms with E-state index in [2.05, 4.69) is 104 Å². The minimum Gasteiger partial charge on any atom is -0.481 e. The van der Waals surface area contributed by atoms with Crippen LogP contribution in [-0.2, 0) is 23.6 Å². The van der Waals surface area contributed by atoms with Crippen LogP contribution in [0.5, 0.6) is 0 Å². The first kappa shape index (κ1) is 29.0. The molecule has 1 aliphatic rings. The molecule has 1 aliphatic carbocycles. The third-order valence-corrected chi connectivity index (χ3v) is 12.4. The molecule has 6 N–H and O–H groups in total. The average molecular weight is 1030 g/mol. The normalized spacial score (nSPS) is 27.4. The topological polar surface area (TPSA) is 199 Å². The minimum atomic E-state index is -3.56. The van der Waals surface area contributed by atoms with Crippen molar-refractivity contribution in [3.05, 3.63) is 12.7 Å². The lowest BCUT2D eigenvalue weighted by Gasteiger charge is -2.40. The van der Waals surface area contributed by atoms with Gasteiger partial charge in [-0.25, -0.2) is 0 Å². The van der Waals surface area contributed by atoms with Crippen molar-refractivity contribution in [2.24, 2.45) is 11.8 Å². The summed E-state index contributed by atoms with van der Waals surface area (Å²) < 4.78 is 143. The Kier molecular flexibility index (Phi) is 20.8. The maximum absolute atomic E-state index is 10.5. The number of carboxylic acids is 4. The van der Waals surface area contributed by atoms with E-state index in [1.54, 1.807) is 6.08 Å². The number of carbonyl (C=O) groups is 4. The summed E-state index contributed by atoms with van der Waals surface area (Å²) in [5, 5.41) is 49.4. The van der Waals surface area contributed by atoms with Gasteiger partial charge in [-0.15, -0.1) is 6.58 Å². The van der Waals surface area contributed by atoms with Gasteiger partial charge in [0.2, 0.25) is 0 Å².